The minimum Gasteiger partial charge on any atom is -1.00 e. The Balaban J connectivity index is -0.000000292. The Labute approximate surface area is 105 Å². The van der Waals surface area contributed by atoms with Gasteiger partial charge >= 0.3 is 0 Å². The molecule has 0 spiro atoms. The van der Waals surface area contributed by atoms with Crippen LogP contribution in [0.3, 0.4) is 0 Å². The highest BCUT2D eigenvalue weighted by Crippen LogP contribution is 2.06. The summed E-state index contributed by atoms with van der Waals surface area (Å²) in [6.07, 6.45) is -0.171. The molecule has 1 unspecified atom stereocenters. The minimum absolute atomic E-state index is 0. The summed E-state index contributed by atoms with van der Waals surface area (Å²) in [4.78, 5) is 8.89. The molecule has 0 heterocycles. The molecule has 0 bridgehead atoms. The molecule has 0 radical (unpaired) electrons. The van der Waals surface area contributed by atoms with E-state index < -0.39 is 5.97 Å². The van der Waals surface area contributed by atoms with Crippen LogP contribution in [-0.2, 0) is 4.79 Å². The first-order valence-electron chi connectivity index (χ1n) is 5.54. The van der Waals surface area contributed by atoms with Crippen molar-refractivity contribution in [3.8, 4) is 0 Å². The summed E-state index contributed by atoms with van der Waals surface area (Å²) >= 11 is 0. The van der Waals surface area contributed by atoms with E-state index in [2.05, 4.69) is 20.8 Å². The molecule has 0 aromatic rings. The third kappa shape index (κ3) is 11.8. The number of carbonyl (C=O) groups is 1. The van der Waals surface area contributed by atoms with Crippen LogP contribution in [-0.4, -0.2) is 47.8 Å². The molecular formula is C11H25ClNO3-. The molecule has 100 valence electrons. The zero-order valence-corrected chi connectivity index (χ0v) is 11.8. The summed E-state index contributed by atoms with van der Waals surface area (Å²) in [5, 5.41) is 18.2. The lowest BCUT2D eigenvalue weighted by Crippen LogP contribution is -3.00. The molecule has 0 aliphatic rings. The highest BCUT2D eigenvalue weighted by molar-refractivity contribution is 5.60. The Morgan fingerprint density at radius 1 is 1.25 bits per heavy atom. The van der Waals surface area contributed by atoms with Crippen LogP contribution in [0.1, 0.15) is 34.6 Å². The van der Waals surface area contributed by atoms with Gasteiger partial charge in [0.15, 0.2) is 0 Å². The van der Waals surface area contributed by atoms with Gasteiger partial charge in [0.2, 0.25) is 0 Å². The van der Waals surface area contributed by atoms with Crippen LogP contribution < -0.4 is 17.5 Å². The largest absolute Gasteiger partial charge is 1.00 e. The average molecular weight is 255 g/mol. The topological polar surface area (TPSA) is 60.4 Å². The maximum Gasteiger partial charge on any atom is 0.105 e. The van der Waals surface area contributed by atoms with E-state index in [0.717, 1.165) is 37.6 Å². The second kappa shape index (κ2) is 11.2. The van der Waals surface area contributed by atoms with Crippen molar-refractivity contribution in [2.24, 2.45) is 0 Å². The van der Waals surface area contributed by atoms with Gasteiger partial charge in [0.25, 0.3) is 0 Å². The van der Waals surface area contributed by atoms with Crippen molar-refractivity contribution in [1.82, 2.24) is 0 Å². The second-order valence-corrected chi connectivity index (χ2v) is 3.81. The summed E-state index contributed by atoms with van der Waals surface area (Å²) < 4.78 is 1.04. The standard InChI is InChI=1S/C9H22NO.C2H4O2.ClH/c1-5-10(6-2,7-3)8-9(4)11;1-2(3)4;/h9,11H,5-8H2,1-4H3;1H3,(H,3,4);1H/q+1;;/p-2. The summed E-state index contributed by atoms with van der Waals surface area (Å²) in [5.74, 6) is -1.08. The van der Waals surface area contributed by atoms with Gasteiger partial charge in [-0.25, -0.2) is 0 Å². The fraction of sp³-hybridized carbons (Fsp3) is 0.909. The Morgan fingerprint density at radius 3 is 1.56 bits per heavy atom. The number of nitrogens with zero attached hydrogens (tertiary/aromatic N) is 1. The average Bonchev–Trinajstić information content (AvgIpc) is 2.13. The summed E-state index contributed by atoms with van der Waals surface area (Å²) in [7, 11) is 0. The van der Waals surface area contributed by atoms with Crippen molar-refractivity contribution in [1.29, 1.82) is 0 Å². The van der Waals surface area contributed by atoms with Crippen LogP contribution in [0.2, 0.25) is 0 Å². The number of likely N-dealkylation sites (N-methyl/N-ethyl adjacent to an activating group) is 1. The van der Waals surface area contributed by atoms with Crippen LogP contribution >= 0.6 is 0 Å². The Bertz CT molecular complexity index is 158. The van der Waals surface area contributed by atoms with Gasteiger partial charge in [0, 0.05) is 5.97 Å². The number of hydrogen-bond donors (Lipinski definition) is 1. The number of aliphatic carboxylic acids is 1. The van der Waals surface area contributed by atoms with Gasteiger partial charge in [-0.1, -0.05) is 0 Å². The van der Waals surface area contributed by atoms with Gasteiger partial charge in [0.05, 0.1) is 19.6 Å². The van der Waals surface area contributed by atoms with Gasteiger partial charge in [-0.2, -0.15) is 0 Å². The Morgan fingerprint density at radius 2 is 1.50 bits per heavy atom. The van der Waals surface area contributed by atoms with Gasteiger partial charge in [0.1, 0.15) is 12.6 Å². The van der Waals surface area contributed by atoms with Crippen LogP contribution in [0.25, 0.3) is 0 Å². The molecule has 0 saturated heterocycles. The smallest absolute Gasteiger partial charge is 0.105 e. The van der Waals surface area contributed by atoms with Crippen molar-refractivity contribution in [3.05, 3.63) is 0 Å². The number of quaternary nitrogens is 1. The van der Waals surface area contributed by atoms with Gasteiger partial charge in [-0.15, -0.1) is 0 Å². The number of halogens is 1. The number of aliphatic hydroxyl groups excluding tert-OH is 1. The van der Waals surface area contributed by atoms with E-state index in [1.807, 2.05) is 6.92 Å². The van der Waals surface area contributed by atoms with Crippen molar-refractivity contribution >= 4 is 5.97 Å². The first kappa shape index (κ1) is 21.0. The van der Waals surface area contributed by atoms with Gasteiger partial charge in [-0.05, 0) is 34.6 Å². The molecule has 1 N–H and O–H groups in total. The molecule has 16 heavy (non-hydrogen) atoms. The van der Waals surface area contributed by atoms with Crippen molar-refractivity contribution in [3.63, 3.8) is 0 Å². The number of rotatable bonds is 5. The molecular weight excluding hydrogens is 230 g/mol. The van der Waals surface area contributed by atoms with E-state index in [9.17, 15) is 5.11 Å². The molecule has 4 nitrogen and oxygen atoms in total. The quantitative estimate of drug-likeness (QED) is 0.532. The van der Waals surface area contributed by atoms with Crippen molar-refractivity contribution < 1.29 is 31.9 Å². The third-order valence-corrected chi connectivity index (χ3v) is 2.66. The van der Waals surface area contributed by atoms with E-state index in [4.69, 9.17) is 9.90 Å². The summed E-state index contributed by atoms with van der Waals surface area (Å²) in [6, 6.07) is 0. The lowest BCUT2D eigenvalue weighted by molar-refractivity contribution is -0.925. The van der Waals surface area contributed by atoms with Crippen LogP contribution in [0, 0.1) is 0 Å². The molecule has 0 saturated carbocycles. The first-order chi connectivity index (χ1) is 6.83. The predicted molar refractivity (Wildman–Crippen MR) is 59.1 cm³/mol. The minimum atomic E-state index is -1.08. The predicted octanol–water partition coefficient (Wildman–Crippen LogP) is -3.00. The molecule has 0 amide bonds. The maximum atomic E-state index is 9.27. The molecule has 5 heteroatoms. The van der Waals surface area contributed by atoms with Gasteiger partial charge in [-0.3, -0.25) is 0 Å². The molecule has 0 aliphatic carbocycles. The zero-order chi connectivity index (χ0) is 12.5. The number of carboxylic acid groups (broad SMARTS) is 1. The molecule has 1 atom stereocenters. The van der Waals surface area contributed by atoms with Crippen LogP contribution in [0.15, 0.2) is 0 Å². The first-order valence-corrected chi connectivity index (χ1v) is 5.54. The summed E-state index contributed by atoms with van der Waals surface area (Å²) in [5.41, 5.74) is 0. The second-order valence-electron chi connectivity index (χ2n) is 3.81. The van der Waals surface area contributed by atoms with Crippen LogP contribution in [0.4, 0.5) is 0 Å². The van der Waals surface area contributed by atoms with Crippen molar-refractivity contribution in [2.75, 3.05) is 26.2 Å². The molecule has 0 rings (SSSR count). The van der Waals surface area contributed by atoms with E-state index in [1.54, 1.807) is 0 Å². The molecule has 0 aromatic heterocycles. The number of carbonyl (C=O) groups excluding carboxylic acids is 1. The van der Waals surface area contributed by atoms with Gasteiger partial charge < -0.3 is 31.9 Å². The fourth-order valence-electron chi connectivity index (χ4n) is 1.62. The lowest BCUT2D eigenvalue weighted by atomic mass is 10.2. The number of hydrogen-bond acceptors (Lipinski definition) is 3. The SMILES string of the molecule is CC(=O)[O-].CC[N+](CC)(CC)CC(C)O.[Cl-]. The fourth-order valence-corrected chi connectivity index (χ4v) is 1.62. The molecule has 0 fully saturated rings. The normalized spacial score (nSPS) is 11.9. The van der Waals surface area contributed by atoms with E-state index in [1.165, 1.54) is 0 Å². The Hall–Kier alpha value is -0.320. The molecule has 0 aromatic carbocycles. The highest BCUT2D eigenvalue weighted by atomic mass is 35.5. The van der Waals surface area contributed by atoms with Crippen molar-refractivity contribution in [2.45, 2.75) is 40.7 Å². The van der Waals surface area contributed by atoms with E-state index in [-0.39, 0.29) is 18.5 Å². The Kier molecular flexibility index (Phi) is 14.7. The monoisotopic (exact) mass is 254 g/mol. The lowest BCUT2D eigenvalue weighted by Gasteiger charge is -2.36. The highest BCUT2D eigenvalue weighted by Gasteiger charge is 2.22. The number of carboxylic acids is 1. The van der Waals surface area contributed by atoms with Crippen LogP contribution in [0.5, 0.6) is 0 Å². The maximum absolute atomic E-state index is 9.27. The zero-order valence-electron chi connectivity index (χ0n) is 11.0. The van der Waals surface area contributed by atoms with E-state index in [0.29, 0.717) is 0 Å². The number of aliphatic hydroxyl groups is 1. The summed E-state index contributed by atoms with van der Waals surface area (Å²) in [6.45, 7) is 13.7. The third-order valence-electron chi connectivity index (χ3n) is 2.66. The van der Waals surface area contributed by atoms with E-state index >= 15 is 0 Å². The molecule has 0 aliphatic heterocycles.